The molecule has 0 heterocycles. The zero-order valence-corrected chi connectivity index (χ0v) is 13.2. The highest BCUT2D eigenvalue weighted by molar-refractivity contribution is 5.95. The van der Waals surface area contributed by atoms with Gasteiger partial charge in [-0.05, 0) is 30.7 Å². The lowest BCUT2D eigenvalue weighted by atomic mass is 10.1. The Labute approximate surface area is 133 Å². The second kappa shape index (κ2) is 8.55. The number of amides is 1. The summed E-state index contributed by atoms with van der Waals surface area (Å²) >= 11 is 0. The fourth-order valence-electron chi connectivity index (χ4n) is 1.87. The van der Waals surface area contributed by atoms with Gasteiger partial charge in [0.15, 0.2) is 0 Å². The first kappa shape index (κ1) is 19.0. The van der Waals surface area contributed by atoms with Crippen LogP contribution in [0.2, 0.25) is 0 Å². The molecule has 4 nitrogen and oxygen atoms in total. The maximum Gasteiger partial charge on any atom is 0.416 e. The quantitative estimate of drug-likeness (QED) is 0.567. The molecule has 128 valence electrons. The van der Waals surface area contributed by atoms with Gasteiger partial charge in [0, 0.05) is 12.6 Å². The van der Waals surface area contributed by atoms with Gasteiger partial charge < -0.3 is 9.64 Å². The Kier molecular flexibility index (Phi) is 7.06. The van der Waals surface area contributed by atoms with Crippen molar-refractivity contribution in [2.24, 2.45) is 0 Å². The second-order valence-electron chi connectivity index (χ2n) is 5.16. The summed E-state index contributed by atoms with van der Waals surface area (Å²) in [5.74, 6) is -1.08. The number of esters is 1. The minimum Gasteiger partial charge on any atom is -0.464 e. The minimum atomic E-state index is -4.45. The number of ether oxygens (including phenoxy) is 1. The summed E-state index contributed by atoms with van der Waals surface area (Å²) in [5, 5.41) is 0. The molecule has 0 unspecified atom stereocenters. The maximum absolute atomic E-state index is 12.5. The lowest BCUT2D eigenvalue weighted by Crippen LogP contribution is -2.33. The summed E-state index contributed by atoms with van der Waals surface area (Å²) in [6.07, 6.45) is -1.73. The van der Waals surface area contributed by atoms with Crippen LogP contribution in [0.5, 0.6) is 0 Å². The molecule has 0 fully saturated rings. The lowest BCUT2D eigenvalue weighted by molar-refractivity contribution is -0.144. The van der Waals surface area contributed by atoms with Gasteiger partial charge in [-0.3, -0.25) is 9.59 Å². The summed E-state index contributed by atoms with van der Waals surface area (Å²) in [7, 11) is 1.40. The molecule has 0 saturated heterocycles. The SMILES string of the molecule is CCCCCOC(=O)CN(C)C(=O)c1ccc(C(F)(F)F)cc1. The van der Waals surface area contributed by atoms with Gasteiger partial charge >= 0.3 is 12.1 Å². The average molecular weight is 331 g/mol. The summed E-state index contributed by atoms with van der Waals surface area (Å²) < 4.78 is 42.4. The number of alkyl halides is 3. The molecule has 0 aliphatic carbocycles. The van der Waals surface area contributed by atoms with E-state index in [1.807, 2.05) is 6.92 Å². The Balaban J connectivity index is 2.54. The average Bonchev–Trinajstić information content (AvgIpc) is 2.50. The fourth-order valence-corrected chi connectivity index (χ4v) is 1.87. The second-order valence-corrected chi connectivity index (χ2v) is 5.16. The van der Waals surface area contributed by atoms with Crippen LogP contribution < -0.4 is 0 Å². The van der Waals surface area contributed by atoms with Crippen molar-refractivity contribution >= 4 is 11.9 Å². The summed E-state index contributed by atoms with van der Waals surface area (Å²) in [4.78, 5) is 24.7. The minimum absolute atomic E-state index is 0.0827. The first-order valence-corrected chi connectivity index (χ1v) is 7.34. The third-order valence-corrected chi connectivity index (χ3v) is 3.18. The van der Waals surface area contributed by atoms with Crippen molar-refractivity contribution < 1.29 is 27.5 Å². The van der Waals surface area contributed by atoms with E-state index in [1.165, 1.54) is 7.05 Å². The van der Waals surface area contributed by atoms with Crippen molar-refractivity contribution in [3.05, 3.63) is 35.4 Å². The molecular formula is C16H20F3NO3. The predicted octanol–water partition coefficient (Wildman–Crippen LogP) is 3.51. The topological polar surface area (TPSA) is 46.6 Å². The summed E-state index contributed by atoms with van der Waals surface area (Å²) in [6.45, 7) is 2.08. The van der Waals surface area contributed by atoms with Crippen LogP contribution in [0.3, 0.4) is 0 Å². The Morgan fingerprint density at radius 3 is 2.26 bits per heavy atom. The molecule has 1 rings (SSSR count). The lowest BCUT2D eigenvalue weighted by Gasteiger charge is -2.16. The normalized spacial score (nSPS) is 11.2. The van der Waals surface area contributed by atoms with Crippen LogP contribution in [0.25, 0.3) is 0 Å². The maximum atomic E-state index is 12.5. The number of hydrogen-bond acceptors (Lipinski definition) is 3. The van der Waals surface area contributed by atoms with Crippen molar-refractivity contribution in [3.8, 4) is 0 Å². The van der Waals surface area contributed by atoms with Crippen LogP contribution in [0.1, 0.15) is 42.1 Å². The van der Waals surface area contributed by atoms with Crippen LogP contribution in [0.4, 0.5) is 13.2 Å². The van der Waals surface area contributed by atoms with Crippen LogP contribution in [0.15, 0.2) is 24.3 Å². The molecular weight excluding hydrogens is 311 g/mol. The largest absolute Gasteiger partial charge is 0.464 e. The van der Waals surface area contributed by atoms with E-state index in [0.717, 1.165) is 48.4 Å². The molecule has 0 saturated carbocycles. The van der Waals surface area contributed by atoms with Gasteiger partial charge in [0.25, 0.3) is 5.91 Å². The van der Waals surface area contributed by atoms with E-state index in [-0.39, 0.29) is 12.1 Å². The van der Waals surface area contributed by atoms with Crippen LogP contribution in [-0.4, -0.2) is 37.0 Å². The number of halogens is 3. The molecule has 0 bridgehead atoms. The Bertz CT molecular complexity index is 526. The molecule has 0 aliphatic rings. The molecule has 1 aromatic carbocycles. The zero-order chi connectivity index (χ0) is 17.5. The number of unbranched alkanes of at least 4 members (excludes halogenated alkanes) is 2. The standard InChI is InChI=1S/C16H20F3NO3/c1-3-4-5-10-23-14(21)11-20(2)15(22)12-6-8-13(9-7-12)16(17,18)19/h6-9H,3-5,10-11H2,1-2H3. The molecule has 1 aromatic rings. The van der Waals surface area contributed by atoms with Gasteiger partial charge in [-0.1, -0.05) is 19.8 Å². The molecule has 0 aliphatic heterocycles. The van der Waals surface area contributed by atoms with Gasteiger partial charge in [0.05, 0.1) is 12.2 Å². The summed E-state index contributed by atoms with van der Waals surface area (Å²) in [6, 6.07) is 3.86. The third kappa shape index (κ3) is 6.30. The molecule has 23 heavy (non-hydrogen) atoms. The molecule has 7 heteroatoms. The van der Waals surface area contributed by atoms with E-state index in [1.54, 1.807) is 0 Å². The highest BCUT2D eigenvalue weighted by atomic mass is 19.4. The molecule has 0 aromatic heterocycles. The number of hydrogen-bond donors (Lipinski definition) is 0. The van der Waals surface area contributed by atoms with Gasteiger partial charge in [-0.25, -0.2) is 0 Å². The van der Waals surface area contributed by atoms with E-state index < -0.39 is 23.6 Å². The third-order valence-electron chi connectivity index (χ3n) is 3.18. The zero-order valence-electron chi connectivity index (χ0n) is 13.2. The highest BCUT2D eigenvalue weighted by Crippen LogP contribution is 2.29. The van der Waals surface area contributed by atoms with Crippen LogP contribution in [-0.2, 0) is 15.7 Å². The number of benzene rings is 1. The fraction of sp³-hybridized carbons (Fsp3) is 0.500. The number of carbonyl (C=O) groups excluding carboxylic acids is 2. The van der Waals surface area contributed by atoms with Crippen molar-refractivity contribution in [2.45, 2.75) is 32.4 Å². The first-order chi connectivity index (χ1) is 10.8. The van der Waals surface area contributed by atoms with Crippen molar-refractivity contribution in [3.63, 3.8) is 0 Å². The van der Waals surface area contributed by atoms with Crippen LogP contribution in [0, 0.1) is 0 Å². The van der Waals surface area contributed by atoms with Crippen molar-refractivity contribution in [2.75, 3.05) is 20.2 Å². The monoisotopic (exact) mass is 331 g/mol. The Morgan fingerprint density at radius 1 is 1.13 bits per heavy atom. The molecule has 0 spiro atoms. The molecule has 0 radical (unpaired) electrons. The van der Waals surface area contributed by atoms with Gasteiger partial charge in [-0.2, -0.15) is 13.2 Å². The number of rotatable bonds is 7. The van der Waals surface area contributed by atoms with Gasteiger partial charge in [0.1, 0.15) is 6.54 Å². The Hall–Kier alpha value is -2.05. The predicted molar refractivity (Wildman–Crippen MR) is 78.9 cm³/mol. The first-order valence-electron chi connectivity index (χ1n) is 7.34. The van der Waals surface area contributed by atoms with E-state index >= 15 is 0 Å². The number of likely N-dealkylation sites (N-methyl/N-ethyl adjacent to an activating group) is 1. The van der Waals surface area contributed by atoms with Gasteiger partial charge in [-0.15, -0.1) is 0 Å². The van der Waals surface area contributed by atoms with E-state index in [4.69, 9.17) is 4.74 Å². The van der Waals surface area contributed by atoms with E-state index in [0.29, 0.717) is 6.61 Å². The number of nitrogens with zero attached hydrogens (tertiary/aromatic N) is 1. The highest BCUT2D eigenvalue weighted by Gasteiger charge is 2.30. The molecule has 1 amide bonds. The van der Waals surface area contributed by atoms with E-state index in [9.17, 15) is 22.8 Å². The van der Waals surface area contributed by atoms with Crippen molar-refractivity contribution in [1.29, 1.82) is 0 Å². The van der Waals surface area contributed by atoms with Gasteiger partial charge in [0.2, 0.25) is 0 Å². The van der Waals surface area contributed by atoms with Crippen LogP contribution >= 0.6 is 0 Å². The number of carbonyl (C=O) groups is 2. The Morgan fingerprint density at radius 2 is 1.74 bits per heavy atom. The van der Waals surface area contributed by atoms with Crippen molar-refractivity contribution in [1.82, 2.24) is 4.90 Å². The summed E-state index contributed by atoms with van der Waals surface area (Å²) in [5.41, 5.74) is -0.744. The van der Waals surface area contributed by atoms with E-state index in [2.05, 4.69) is 0 Å². The molecule has 0 atom stereocenters. The molecule has 0 N–H and O–H groups in total. The smallest absolute Gasteiger partial charge is 0.416 e.